The van der Waals surface area contributed by atoms with Crippen molar-refractivity contribution in [2.24, 2.45) is 0 Å². The third-order valence-corrected chi connectivity index (χ3v) is 4.31. The molecule has 0 aromatic heterocycles. The highest BCUT2D eigenvalue weighted by Crippen LogP contribution is 2.31. The van der Waals surface area contributed by atoms with Crippen LogP contribution in [0, 0.1) is 0 Å². The van der Waals surface area contributed by atoms with Gasteiger partial charge in [0, 0.05) is 6.92 Å². The molecule has 0 saturated heterocycles. The van der Waals surface area contributed by atoms with Crippen molar-refractivity contribution in [1.82, 2.24) is 5.32 Å². The van der Waals surface area contributed by atoms with E-state index in [2.05, 4.69) is 10.1 Å². The van der Waals surface area contributed by atoms with Gasteiger partial charge in [0.05, 0.1) is 18.3 Å². The predicted octanol–water partition coefficient (Wildman–Crippen LogP) is 1.16. The Labute approximate surface area is 167 Å². The fourth-order valence-electron chi connectivity index (χ4n) is 2.61. The fourth-order valence-corrected chi connectivity index (χ4v) is 2.96. The maximum absolute atomic E-state index is 12.4. The number of ether oxygens (including phenoxy) is 3. The van der Waals surface area contributed by atoms with Gasteiger partial charge in [0.15, 0.2) is 0 Å². The van der Waals surface area contributed by atoms with E-state index in [1.165, 1.54) is 24.8 Å². The zero-order chi connectivity index (χ0) is 20.7. The van der Waals surface area contributed by atoms with E-state index in [1.807, 2.05) is 0 Å². The van der Waals surface area contributed by atoms with Gasteiger partial charge in [-0.05, 0) is 31.2 Å². The molecule has 0 saturated carbocycles. The minimum atomic E-state index is -1.32. The van der Waals surface area contributed by atoms with Gasteiger partial charge in [-0.1, -0.05) is 12.1 Å². The van der Waals surface area contributed by atoms with E-state index in [-0.39, 0.29) is 36.0 Å². The van der Waals surface area contributed by atoms with Gasteiger partial charge in [0.25, 0.3) is 0 Å². The first kappa shape index (κ1) is 21.9. The number of hydrogen-bond donors (Lipinski definition) is 2. The van der Waals surface area contributed by atoms with Crippen molar-refractivity contribution in [3.05, 3.63) is 29.3 Å². The smallest absolute Gasteiger partial charge is 0.534 e. The van der Waals surface area contributed by atoms with Crippen molar-refractivity contribution in [2.75, 3.05) is 18.6 Å². The van der Waals surface area contributed by atoms with E-state index >= 15 is 0 Å². The molecule has 2 rings (SSSR count). The Hall–Kier alpha value is -2.40. The van der Waals surface area contributed by atoms with E-state index in [1.54, 1.807) is 25.3 Å². The molecule has 1 aliphatic rings. The van der Waals surface area contributed by atoms with E-state index in [0.29, 0.717) is 5.56 Å². The number of para-hydroxylation sites is 1. The van der Waals surface area contributed by atoms with Gasteiger partial charge in [-0.25, -0.2) is 9.59 Å². The zero-order valence-electron chi connectivity index (χ0n) is 15.8. The van der Waals surface area contributed by atoms with Crippen LogP contribution in [-0.4, -0.2) is 61.0 Å². The molecule has 0 aliphatic carbocycles. The van der Waals surface area contributed by atoms with Crippen molar-refractivity contribution in [1.29, 1.82) is 0 Å². The lowest BCUT2D eigenvalue weighted by atomic mass is 9.72. The largest absolute Gasteiger partial charge is 0.547 e. The second-order valence-corrected chi connectivity index (χ2v) is 6.75. The predicted molar refractivity (Wildman–Crippen MR) is 102 cm³/mol. The van der Waals surface area contributed by atoms with Crippen molar-refractivity contribution in [2.45, 2.75) is 32.5 Å². The van der Waals surface area contributed by atoms with Gasteiger partial charge in [-0.2, -0.15) is 11.8 Å². The lowest BCUT2D eigenvalue weighted by Crippen LogP contribution is -2.53. The molecule has 2 N–H and O–H groups in total. The number of fused-ring (bicyclic) bond motifs is 1. The normalized spacial score (nSPS) is 16.3. The summed E-state index contributed by atoms with van der Waals surface area (Å²) in [5.41, 5.74) is 0.706. The molecule has 2 atom stereocenters. The standard InChI is InChI=1S/C17H22BNO8S/c1-4-24-17(22)26-10(2)25-16(21)12-7-5-6-11-8-13(18(23)27-15(11)12)19-14(20)9-28-3/h5-7,10,13,23H,4,8-9H2,1-3H3,(H,19,20)/t10-,13?/m1/s1. The maximum Gasteiger partial charge on any atom is 0.547 e. The third kappa shape index (κ3) is 5.80. The molecule has 1 unspecified atom stereocenters. The fraction of sp³-hybridized carbons (Fsp3) is 0.471. The van der Waals surface area contributed by atoms with Crippen LogP contribution in [0.1, 0.15) is 29.8 Å². The van der Waals surface area contributed by atoms with Crippen LogP contribution >= 0.6 is 11.8 Å². The minimum Gasteiger partial charge on any atom is -0.534 e. The van der Waals surface area contributed by atoms with Crippen LogP contribution in [0.15, 0.2) is 18.2 Å². The van der Waals surface area contributed by atoms with E-state index in [9.17, 15) is 19.4 Å². The van der Waals surface area contributed by atoms with Crippen LogP contribution in [0.25, 0.3) is 0 Å². The molecule has 9 nitrogen and oxygen atoms in total. The summed E-state index contributed by atoms with van der Waals surface area (Å²) in [6.07, 6.45) is -0.0391. The highest BCUT2D eigenvalue weighted by Gasteiger charge is 2.38. The minimum absolute atomic E-state index is 0.0738. The Bertz CT molecular complexity index is 731. The zero-order valence-corrected chi connectivity index (χ0v) is 16.6. The number of hydrogen-bond acceptors (Lipinski definition) is 9. The van der Waals surface area contributed by atoms with Crippen LogP contribution in [0.5, 0.6) is 5.75 Å². The number of carbonyl (C=O) groups excluding carboxylic acids is 3. The summed E-state index contributed by atoms with van der Waals surface area (Å²) in [7, 11) is -1.32. The van der Waals surface area contributed by atoms with Crippen molar-refractivity contribution < 1.29 is 38.3 Å². The molecule has 1 aromatic rings. The lowest BCUT2D eigenvalue weighted by molar-refractivity contribution is -0.119. The molecular weight excluding hydrogens is 389 g/mol. The molecule has 1 aromatic carbocycles. The second kappa shape index (κ2) is 10.2. The van der Waals surface area contributed by atoms with Gasteiger partial charge in [0.1, 0.15) is 11.3 Å². The number of amides is 1. The van der Waals surface area contributed by atoms with E-state index in [0.717, 1.165) is 0 Å². The molecule has 0 fully saturated rings. The average molecular weight is 411 g/mol. The Morgan fingerprint density at radius 1 is 1.39 bits per heavy atom. The number of thioether (sulfide) groups is 1. The van der Waals surface area contributed by atoms with Gasteiger partial charge >= 0.3 is 19.2 Å². The monoisotopic (exact) mass is 411 g/mol. The summed E-state index contributed by atoms with van der Waals surface area (Å²) >= 11 is 1.36. The van der Waals surface area contributed by atoms with Crippen molar-refractivity contribution in [3.63, 3.8) is 0 Å². The van der Waals surface area contributed by atoms with Crippen molar-refractivity contribution >= 4 is 36.9 Å². The number of esters is 1. The molecule has 0 spiro atoms. The van der Waals surface area contributed by atoms with Gasteiger partial charge in [0.2, 0.25) is 12.2 Å². The maximum atomic E-state index is 12.4. The van der Waals surface area contributed by atoms with Gasteiger partial charge < -0.3 is 29.2 Å². The Morgan fingerprint density at radius 3 is 2.82 bits per heavy atom. The third-order valence-electron chi connectivity index (χ3n) is 3.76. The van der Waals surface area contributed by atoms with E-state index in [4.69, 9.17) is 14.1 Å². The molecule has 0 bridgehead atoms. The Morgan fingerprint density at radius 2 is 2.14 bits per heavy atom. The molecule has 0 radical (unpaired) electrons. The summed E-state index contributed by atoms with van der Waals surface area (Å²) in [5.74, 6) is -1.21. The van der Waals surface area contributed by atoms with Crippen LogP contribution in [-0.2, 0) is 25.4 Å². The first-order valence-electron chi connectivity index (χ1n) is 8.65. The first-order chi connectivity index (χ1) is 13.3. The molecule has 1 heterocycles. The van der Waals surface area contributed by atoms with Gasteiger partial charge in [-0.3, -0.25) is 4.79 Å². The molecule has 11 heteroatoms. The lowest BCUT2D eigenvalue weighted by Gasteiger charge is -2.29. The number of carbonyl (C=O) groups is 3. The first-order valence-corrected chi connectivity index (χ1v) is 10.0. The molecule has 28 heavy (non-hydrogen) atoms. The number of rotatable bonds is 7. The highest BCUT2D eigenvalue weighted by atomic mass is 32.2. The van der Waals surface area contributed by atoms with Crippen LogP contribution in [0.2, 0.25) is 0 Å². The molecule has 1 aliphatic heterocycles. The van der Waals surface area contributed by atoms with Crippen LogP contribution in [0.4, 0.5) is 4.79 Å². The second-order valence-electron chi connectivity index (χ2n) is 5.89. The summed E-state index contributed by atoms with van der Waals surface area (Å²) in [4.78, 5) is 35.5. The van der Waals surface area contributed by atoms with Crippen molar-refractivity contribution in [3.8, 4) is 5.75 Å². The SMILES string of the molecule is CCOC(=O)O[C@H](C)OC(=O)c1cccc2c1OB(O)C(NC(=O)CSC)C2. The molecule has 152 valence electrons. The Kier molecular flexibility index (Phi) is 8.00. The summed E-state index contributed by atoms with van der Waals surface area (Å²) in [6.45, 7) is 3.12. The molecule has 1 amide bonds. The average Bonchev–Trinajstić information content (AvgIpc) is 2.62. The van der Waals surface area contributed by atoms with Gasteiger partial charge in [-0.15, -0.1) is 0 Å². The summed E-state index contributed by atoms with van der Waals surface area (Å²) in [5, 5.41) is 12.9. The molecular formula is C17H22BNO8S. The summed E-state index contributed by atoms with van der Waals surface area (Å²) in [6, 6.07) is 4.83. The van der Waals surface area contributed by atoms with Crippen LogP contribution < -0.4 is 9.97 Å². The highest BCUT2D eigenvalue weighted by molar-refractivity contribution is 7.99. The Balaban J connectivity index is 2.08. The quantitative estimate of drug-likeness (QED) is 0.387. The summed E-state index contributed by atoms with van der Waals surface area (Å²) < 4.78 is 20.0. The van der Waals surface area contributed by atoms with E-state index < -0.39 is 31.5 Å². The number of benzene rings is 1. The topological polar surface area (TPSA) is 120 Å². The number of nitrogens with one attached hydrogen (secondary N) is 1. The van der Waals surface area contributed by atoms with Crippen LogP contribution in [0.3, 0.4) is 0 Å².